The van der Waals surface area contributed by atoms with Crippen LogP contribution >= 0.6 is 0 Å². The molecule has 16 heavy (non-hydrogen) atoms. The average Bonchev–Trinajstić information content (AvgIpc) is 2.14. The standard InChI is InChI=1S/C12H25NO3/c1-6-7-16-10-9(14)8-11(2,3)13(15)12(10,4)5/h9-10,14-15H,6-8H2,1-5H3. The van der Waals surface area contributed by atoms with Gasteiger partial charge in [-0.2, -0.15) is 5.06 Å². The monoisotopic (exact) mass is 231 g/mol. The normalized spacial score (nSPS) is 33.9. The van der Waals surface area contributed by atoms with Gasteiger partial charge in [0.2, 0.25) is 0 Å². The topological polar surface area (TPSA) is 52.9 Å². The first-order valence-corrected chi connectivity index (χ1v) is 6.02. The summed E-state index contributed by atoms with van der Waals surface area (Å²) in [5, 5.41) is 21.6. The van der Waals surface area contributed by atoms with Crippen molar-refractivity contribution in [3.8, 4) is 0 Å². The number of hydroxylamine groups is 2. The highest BCUT2D eigenvalue weighted by molar-refractivity contribution is 5.03. The molecule has 2 atom stereocenters. The Balaban J connectivity index is 2.85. The van der Waals surface area contributed by atoms with Gasteiger partial charge >= 0.3 is 0 Å². The molecule has 0 bridgehead atoms. The van der Waals surface area contributed by atoms with Gasteiger partial charge in [0.15, 0.2) is 0 Å². The van der Waals surface area contributed by atoms with E-state index in [9.17, 15) is 10.3 Å². The number of rotatable bonds is 3. The van der Waals surface area contributed by atoms with Gasteiger partial charge in [-0.1, -0.05) is 6.92 Å². The van der Waals surface area contributed by atoms with E-state index < -0.39 is 17.2 Å². The van der Waals surface area contributed by atoms with Crippen LogP contribution in [-0.4, -0.2) is 45.3 Å². The van der Waals surface area contributed by atoms with Crippen molar-refractivity contribution in [2.75, 3.05) is 6.61 Å². The number of piperidine rings is 1. The maximum absolute atomic E-state index is 10.2. The summed E-state index contributed by atoms with van der Waals surface area (Å²) in [7, 11) is 0. The van der Waals surface area contributed by atoms with Crippen molar-refractivity contribution < 1.29 is 15.1 Å². The second-order valence-electron chi connectivity index (χ2n) is 5.84. The molecule has 1 rings (SSSR count). The highest BCUT2D eigenvalue weighted by Crippen LogP contribution is 2.38. The quantitative estimate of drug-likeness (QED) is 0.777. The lowest BCUT2D eigenvalue weighted by Crippen LogP contribution is -2.68. The maximum Gasteiger partial charge on any atom is 0.103 e. The van der Waals surface area contributed by atoms with E-state index in [1.807, 2.05) is 34.6 Å². The van der Waals surface area contributed by atoms with Crippen LogP contribution in [0.2, 0.25) is 0 Å². The highest BCUT2D eigenvalue weighted by atomic mass is 16.5. The van der Waals surface area contributed by atoms with Gasteiger partial charge in [-0.25, -0.2) is 0 Å². The molecule has 0 aromatic rings. The summed E-state index contributed by atoms with van der Waals surface area (Å²) in [6.07, 6.45) is 0.556. The van der Waals surface area contributed by atoms with Crippen molar-refractivity contribution in [2.45, 2.75) is 70.7 Å². The van der Waals surface area contributed by atoms with Gasteiger partial charge in [0.1, 0.15) is 6.10 Å². The molecule has 4 nitrogen and oxygen atoms in total. The van der Waals surface area contributed by atoms with Gasteiger partial charge in [-0.05, 0) is 40.5 Å². The maximum atomic E-state index is 10.2. The van der Waals surface area contributed by atoms with Crippen molar-refractivity contribution in [3.63, 3.8) is 0 Å². The van der Waals surface area contributed by atoms with E-state index in [1.54, 1.807) is 0 Å². The van der Waals surface area contributed by atoms with Crippen LogP contribution in [0.3, 0.4) is 0 Å². The number of nitrogens with zero attached hydrogens (tertiary/aromatic N) is 1. The Morgan fingerprint density at radius 3 is 2.38 bits per heavy atom. The molecule has 2 unspecified atom stereocenters. The number of aliphatic hydroxyl groups is 1. The number of aliphatic hydroxyl groups excluding tert-OH is 1. The van der Waals surface area contributed by atoms with Gasteiger partial charge in [-0.15, -0.1) is 0 Å². The largest absolute Gasteiger partial charge is 0.390 e. The van der Waals surface area contributed by atoms with Crippen LogP contribution in [0, 0.1) is 0 Å². The number of hydrogen-bond acceptors (Lipinski definition) is 4. The predicted octanol–water partition coefficient (Wildman–Crippen LogP) is 1.79. The molecule has 0 radical (unpaired) electrons. The minimum absolute atomic E-state index is 0.342. The van der Waals surface area contributed by atoms with E-state index in [-0.39, 0.29) is 6.10 Å². The van der Waals surface area contributed by atoms with E-state index in [2.05, 4.69) is 0 Å². The summed E-state index contributed by atoms with van der Waals surface area (Å²) >= 11 is 0. The molecule has 96 valence electrons. The van der Waals surface area contributed by atoms with Crippen LogP contribution < -0.4 is 0 Å². The number of hydrogen-bond donors (Lipinski definition) is 2. The Bertz CT molecular complexity index is 240. The zero-order chi connectivity index (χ0) is 12.6. The Morgan fingerprint density at radius 1 is 1.31 bits per heavy atom. The summed E-state index contributed by atoms with van der Waals surface area (Å²) in [4.78, 5) is 0. The Morgan fingerprint density at radius 2 is 1.88 bits per heavy atom. The fraction of sp³-hybridized carbons (Fsp3) is 1.00. The van der Waals surface area contributed by atoms with Crippen molar-refractivity contribution >= 4 is 0 Å². The molecule has 4 heteroatoms. The van der Waals surface area contributed by atoms with Gasteiger partial charge in [0, 0.05) is 12.1 Å². The molecular weight excluding hydrogens is 206 g/mol. The average molecular weight is 231 g/mol. The SMILES string of the molecule is CCCOC1C(O)CC(C)(C)N(O)C1(C)C. The van der Waals surface area contributed by atoms with Gasteiger partial charge < -0.3 is 15.1 Å². The van der Waals surface area contributed by atoms with Crippen molar-refractivity contribution in [3.05, 3.63) is 0 Å². The second-order valence-corrected chi connectivity index (χ2v) is 5.84. The third-order valence-electron chi connectivity index (χ3n) is 3.38. The zero-order valence-electron chi connectivity index (χ0n) is 11.0. The molecule has 1 heterocycles. The molecule has 1 aliphatic rings. The molecule has 1 fully saturated rings. The molecule has 1 aliphatic heterocycles. The van der Waals surface area contributed by atoms with E-state index >= 15 is 0 Å². The third kappa shape index (κ3) is 2.40. The minimum atomic E-state index is -0.573. The van der Waals surface area contributed by atoms with Gasteiger partial charge in [-0.3, -0.25) is 0 Å². The summed E-state index contributed by atoms with van der Waals surface area (Å²) < 4.78 is 5.67. The van der Waals surface area contributed by atoms with Gasteiger partial charge in [0.05, 0.1) is 11.6 Å². The van der Waals surface area contributed by atoms with Crippen LogP contribution in [0.5, 0.6) is 0 Å². The van der Waals surface area contributed by atoms with E-state index in [1.165, 1.54) is 5.06 Å². The lowest BCUT2D eigenvalue weighted by molar-refractivity contribution is -0.297. The predicted molar refractivity (Wildman–Crippen MR) is 62.4 cm³/mol. The Hall–Kier alpha value is -0.160. The van der Waals surface area contributed by atoms with E-state index in [4.69, 9.17) is 4.74 Å². The first kappa shape index (κ1) is 13.9. The van der Waals surface area contributed by atoms with E-state index in [0.717, 1.165) is 6.42 Å². The van der Waals surface area contributed by atoms with Crippen molar-refractivity contribution in [1.29, 1.82) is 0 Å². The van der Waals surface area contributed by atoms with Gasteiger partial charge in [0.25, 0.3) is 0 Å². The molecule has 0 aliphatic carbocycles. The first-order chi connectivity index (χ1) is 7.23. The molecule has 0 saturated carbocycles. The first-order valence-electron chi connectivity index (χ1n) is 6.02. The minimum Gasteiger partial charge on any atom is -0.390 e. The lowest BCUT2D eigenvalue weighted by Gasteiger charge is -2.54. The molecule has 0 amide bonds. The Labute approximate surface area is 98.2 Å². The molecule has 0 aromatic heterocycles. The smallest absolute Gasteiger partial charge is 0.103 e. The summed E-state index contributed by atoms with van der Waals surface area (Å²) in [5.74, 6) is 0. The van der Waals surface area contributed by atoms with Crippen LogP contribution in [0.1, 0.15) is 47.5 Å². The lowest BCUT2D eigenvalue weighted by atomic mass is 9.78. The zero-order valence-corrected chi connectivity index (χ0v) is 11.0. The van der Waals surface area contributed by atoms with Crippen molar-refractivity contribution in [1.82, 2.24) is 5.06 Å². The summed E-state index contributed by atoms with van der Waals surface area (Å²) in [5.41, 5.74) is -0.995. The number of ether oxygens (including phenoxy) is 1. The van der Waals surface area contributed by atoms with Crippen LogP contribution in [0.4, 0.5) is 0 Å². The fourth-order valence-corrected chi connectivity index (χ4v) is 2.64. The second kappa shape index (κ2) is 4.61. The van der Waals surface area contributed by atoms with Crippen LogP contribution in [0.15, 0.2) is 0 Å². The summed E-state index contributed by atoms with van der Waals surface area (Å²) in [6, 6.07) is 0. The van der Waals surface area contributed by atoms with E-state index in [0.29, 0.717) is 13.0 Å². The Kier molecular flexibility index (Phi) is 4.00. The van der Waals surface area contributed by atoms with Crippen LogP contribution in [0.25, 0.3) is 0 Å². The van der Waals surface area contributed by atoms with Crippen molar-refractivity contribution in [2.24, 2.45) is 0 Å². The fourth-order valence-electron chi connectivity index (χ4n) is 2.64. The highest BCUT2D eigenvalue weighted by Gasteiger charge is 2.51. The summed E-state index contributed by atoms with van der Waals surface area (Å²) in [6.45, 7) is 10.3. The molecule has 2 N–H and O–H groups in total. The molecule has 0 aromatic carbocycles. The molecule has 0 spiro atoms. The third-order valence-corrected chi connectivity index (χ3v) is 3.38. The van der Waals surface area contributed by atoms with Crippen LogP contribution in [-0.2, 0) is 4.74 Å². The molecular formula is C12H25NO3. The molecule has 1 saturated heterocycles.